The third kappa shape index (κ3) is 7.44. The van der Waals surface area contributed by atoms with Gasteiger partial charge in [-0.3, -0.25) is 0 Å². The van der Waals surface area contributed by atoms with Crippen LogP contribution in [0.2, 0.25) is 0 Å². The molecular formula is C95H60N6. The first-order valence-corrected chi connectivity index (χ1v) is 35.2. The molecule has 470 valence electrons. The maximum absolute atomic E-state index is 2.61. The Kier molecular flexibility index (Phi) is 11.0. The molecule has 0 saturated heterocycles. The first-order valence-electron chi connectivity index (χ1n) is 35.2. The first-order chi connectivity index (χ1) is 50.0. The van der Waals surface area contributed by atoms with Gasteiger partial charge in [0, 0.05) is 93.4 Å². The number of aromatic nitrogens is 4. The number of hydrogen-bond acceptors (Lipinski definition) is 2. The van der Waals surface area contributed by atoms with Crippen molar-refractivity contribution >= 4 is 165 Å². The summed E-state index contributed by atoms with van der Waals surface area (Å²) in [5.41, 5.74) is 29.4. The van der Waals surface area contributed by atoms with Crippen molar-refractivity contribution in [1.29, 1.82) is 0 Å². The fourth-order valence-corrected chi connectivity index (χ4v) is 18.7. The highest BCUT2D eigenvalue weighted by molar-refractivity contribution is 6.31. The van der Waals surface area contributed by atoms with E-state index >= 15 is 0 Å². The molecule has 6 heteroatoms. The van der Waals surface area contributed by atoms with E-state index in [1.165, 1.54) is 148 Å². The van der Waals surface area contributed by atoms with Crippen LogP contribution in [-0.4, -0.2) is 17.6 Å². The minimum Gasteiger partial charge on any atom is -0.310 e. The lowest BCUT2D eigenvalue weighted by atomic mass is 9.75. The van der Waals surface area contributed by atoms with Gasteiger partial charge < -0.3 is 27.4 Å². The lowest BCUT2D eigenvalue weighted by Gasteiger charge is -2.29. The van der Waals surface area contributed by atoms with E-state index in [1.54, 1.807) is 0 Å². The highest BCUT2D eigenvalue weighted by Crippen LogP contribution is 2.54. The lowest BCUT2D eigenvalue weighted by Crippen LogP contribution is -2.24. The van der Waals surface area contributed by atoms with Crippen molar-refractivity contribution in [1.82, 2.24) is 17.6 Å². The van der Waals surface area contributed by atoms with Crippen LogP contribution in [0.4, 0.5) is 34.1 Å². The molecule has 1 atom stereocenters. The van der Waals surface area contributed by atoms with Crippen molar-refractivity contribution in [2.75, 3.05) is 9.80 Å². The van der Waals surface area contributed by atoms with E-state index in [0.29, 0.717) is 0 Å². The standard InChI is InChI=1S/C95H60N6/c1-95(57-58-33-45-73-77-49-39-62-38-48-76-72-28-14-18-32-83(72)100-88-55-67(96(63-21-7-3-8-22-63)64-23-9-4-10-24-64)43-52-85(88)101(86(73)53-58)94(77)90(62)93(76)100)79-29-15-11-25-69(79)78-54-66(42-50-80(78)95)97(65-40-34-60(35-41-65)59-19-5-2-6-20-59)68-44-51-84-87(56-68)99-82-31-17-13-27-71(82)75-47-37-61-36-46-74-70-26-12-16-30-81(70)98(84)91(74)89(61)92(75)99/h2-56H,57H2,1H3. The van der Waals surface area contributed by atoms with Crippen molar-refractivity contribution in [3.8, 4) is 22.3 Å². The van der Waals surface area contributed by atoms with Crippen LogP contribution in [0.15, 0.2) is 334 Å². The summed E-state index contributed by atoms with van der Waals surface area (Å²) in [6.45, 7) is 2.49. The molecule has 22 aromatic rings. The number of anilines is 6. The molecule has 0 fully saturated rings. The Morgan fingerprint density at radius 2 is 0.624 bits per heavy atom. The second kappa shape index (κ2) is 20.2. The van der Waals surface area contributed by atoms with Crippen LogP contribution in [0.5, 0.6) is 0 Å². The van der Waals surface area contributed by atoms with Crippen LogP contribution in [0.1, 0.15) is 23.6 Å². The Balaban J connectivity index is 0.726. The molecule has 0 spiro atoms. The number of fused-ring (bicyclic) bond motifs is 21. The van der Waals surface area contributed by atoms with Gasteiger partial charge in [-0.1, -0.05) is 231 Å². The average Bonchev–Trinajstić information content (AvgIpc) is 1.53. The molecule has 6 heterocycles. The number of benzene rings is 16. The van der Waals surface area contributed by atoms with E-state index in [1.807, 2.05) is 0 Å². The summed E-state index contributed by atoms with van der Waals surface area (Å²) in [6.07, 6.45) is 0.795. The maximum atomic E-state index is 2.61. The van der Waals surface area contributed by atoms with Gasteiger partial charge in [-0.2, -0.15) is 0 Å². The van der Waals surface area contributed by atoms with Crippen molar-refractivity contribution < 1.29 is 0 Å². The minimum absolute atomic E-state index is 0.377. The molecule has 101 heavy (non-hydrogen) atoms. The fourth-order valence-electron chi connectivity index (χ4n) is 18.7. The highest BCUT2D eigenvalue weighted by atomic mass is 15.2. The summed E-state index contributed by atoms with van der Waals surface area (Å²) in [6, 6.07) is 125. The summed E-state index contributed by atoms with van der Waals surface area (Å²) in [5.74, 6) is 0. The molecule has 6 aromatic heterocycles. The SMILES string of the molecule is CC1(Cc2ccc3c4ccc5ccc6c7ccccc7n7c8cc(N(c9ccccc9)c9ccccc9)ccc8n(c3c2)c4c5c67)c2ccccc2-c2cc(N(c3ccc(-c4ccccc4)cc3)c3ccc4c(c3)n3c5ccccc5c5ccc6ccc7c8ccccc8n4c7c6c53)ccc21. The van der Waals surface area contributed by atoms with E-state index < -0.39 is 0 Å². The molecule has 1 aliphatic rings. The third-order valence-corrected chi connectivity index (χ3v) is 22.9. The van der Waals surface area contributed by atoms with Crippen molar-refractivity contribution in [2.45, 2.75) is 18.8 Å². The number of rotatable bonds is 9. The summed E-state index contributed by atoms with van der Waals surface area (Å²) in [7, 11) is 0. The van der Waals surface area contributed by atoms with Gasteiger partial charge in [-0.05, 0) is 165 Å². The molecule has 0 radical (unpaired) electrons. The van der Waals surface area contributed by atoms with Crippen LogP contribution >= 0.6 is 0 Å². The molecule has 1 aliphatic carbocycles. The molecule has 0 saturated carbocycles. The smallest absolute Gasteiger partial charge is 0.0724 e. The zero-order chi connectivity index (χ0) is 65.9. The largest absolute Gasteiger partial charge is 0.310 e. The number of nitrogens with zero attached hydrogens (tertiary/aromatic N) is 6. The van der Waals surface area contributed by atoms with Gasteiger partial charge >= 0.3 is 0 Å². The monoisotopic (exact) mass is 1280 g/mol. The van der Waals surface area contributed by atoms with E-state index in [4.69, 9.17) is 0 Å². The fraction of sp³-hybridized carbons (Fsp3) is 0.0316. The van der Waals surface area contributed by atoms with Gasteiger partial charge in [0.2, 0.25) is 0 Å². The second-order valence-electron chi connectivity index (χ2n) is 28.2. The molecule has 6 nitrogen and oxygen atoms in total. The zero-order valence-corrected chi connectivity index (χ0v) is 55.1. The van der Waals surface area contributed by atoms with Gasteiger partial charge in [0.1, 0.15) is 0 Å². The Labute approximate surface area is 580 Å². The normalized spacial score (nSPS) is 14.1. The predicted octanol–water partition coefficient (Wildman–Crippen LogP) is 25.2. The Morgan fingerprint density at radius 1 is 0.248 bits per heavy atom. The van der Waals surface area contributed by atoms with Crippen LogP contribution in [0, 0.1) is 0 Å². The van der Waals surface area contributed by atoms with Crippen LogP contribution < -0.4 is 9.80 Å². The summed E-state index contributed by atoms with van der Waals surface area (Å²) in [4.78, 5) is 4.89. The van der Waals surface area contributed by atoms with Crippen molar-refractivity contribution in [2.24, 2.45) is 0 Å². The Hall–Kier alpha value is -13.2. The Morgan fingerprint density at radius 3 is 1.16 bits per heavy atom. The van der Waals surface area contributed by atoms with Crippen LogP contribution in [0.3, 0.4) is 0 Å². The maximum Gasteiger partial charge on any atom is 0.0724 e. The van der Waals surface area contributed by atoms with E-state index in [0.717, 1.165) is 62.6 Å². The topological polar surface area (TPSA) is 24.1 Å². The summed E-state index contributed by atoms with van der Waals surface area (Å²) < 4.78 is 10.3. The molecular weight excluding hydrogens is 1230 g/mol. The minimum atomic E-state index is -0.377. The highest BCUT2D eigenvalue weighted by Gasteiger charge is 2.40. The van der Waals surface area contributed by atoms with Gasteiger partial charge in [0.05, 0.1) is 66.2 Å². The quantitative estimate of drug-likeness (QED) is 0.144. The van der Waals surface area contributed by atoms with E-state index in [-0.39, 0.29) is 5.41 Å². The third-order valence-electron chi connectivity index (χ3n) is 22.9. The predicted molar refractivity (Wildman–Crippen MR) is 425 cm³/mol. The van der Waals surface area contributed by atoms with Crippen LogP contribution in [0.25, 0.3) is 153 Å². The molecule has 0 bridgehead atoms. The average molecular weight is 1290 g/mol. The van der Waals surface area contributed by atoms with Gasteiger partial charge in [0.15, 0.2) is 0 Å². The van der Waals surface area contributed by atoms with Gasteiger partial charge in [0.25, 0.3) is 0 Å². The lowest BCUT2D eigenvalue weighted by molar-refractivity contribution is 0.583. The molecule has 0 N–H and O–H groups in total. The van der Waals surface area contributed by atoms with Gasteiger partial charge in [-0.15, -0.1) is 0 Å². The van der Waals surface area contributed by atoms with E-state index in [9.17, 15) is 0 Å². The summed E-state index contributed by atoms with van der Waals surface area (Å²) >= 11 is 0. The Bertz CT molecular complexity index is 7190. The van der Waals surface area contributed by atoms with Crippen molar-refractivity contribution in [3.63, 3.8) is 0 Å². The van der Waals surface area contributed by atoms with E-state index in [2.05, 4.69) is 368 Å². The second-order valence-corrected chi connectivity index (χ2v) is 28.2. The zero-order valence-electron chi connectivity index (χ0n) is 55.1. The van der Waals surface area contributed by atoms with Gasteiger partial charge in [-0.25, -0.2) is 0 Å². The number of para-hydroxylation sites is 5. The molecule has 23 rings (SSSR count). The first kappa shape index (κ1) is 54.9. The molecule has 0 amide bonds. The number of hydrogen-bond donors (Lipinski definition) is 0. The summed E-state index contributed by atoms with van der Waals surface area (Å²) in [5, 5.41) is 15.1. The molecule has 1 unspecified atom stereocenters. The molecule has 16 aromatic carbocycles. The van der Waals surface area contributed by atoms with Crippen LogP contribution in [-0.2, 0) is 11.8 Å². The molecule has 0 aliphatic heterocycles. The van der Waals surface area contributed by atoms with Crippen molar-refractivity contribution in [3.05, 3.63) is 350 Å².